The van der Waals surface area contributed by atoms with Crippen LogP contribution in [0.2, 0.25) is 0 Å². The van der Waals surface area contributed by atoms with Crippen LogP contribution in [0.4, 0.5) is 5.69 Å². The fraction of sp³-hybridized carbons (Fsp3) is 0.455. The van der Waals surface area contributed by atoms with Gasteiger partial charge in [-0.3, -0.25) is 4.79 Å². The topological polar surface area (TPSA) is 55.4 Å². The SMILES string of the molecule is CCc1cccc(C)c1NC(=O)COC(=O)c1cc2c(s1)CCC(CC)C2. The van der Waals surface area contributed by atoms with Gasteiger partial charge < -0.3 is 10.1 Å². The molecule has 0 saturated heterocycles. The van der Waals surface area contributed by atoms with E-state index in [1.807, 2.05) is 38.1 Å². The number of rotatable bonds is 6. The Morgan fingerprint density at radius 1 is 1.30 bits per heavy atom. The summed E-state index contributed by atoms with van der Waals surface area (Å²) in [5.41, 5.74) is 4.18. The van der Waals surface area contributed by atoms with E-state index in [1.165, 1.54) is 34.6 Å². The number of benzene rings is 1. The van der Waals surface area contributed by atoms with Crippen molar-refractivity contribution < 1.29 is 14.3 Å². The van der Waals surface area contributed by atoms with Crippen LogP contribution in [0.25, 0.3) is 0 Å². The predicted molar refractivity (Wildman–Crippen MR) is 110 cm³/mol. The van der Waals surface area contributed by atoms with Crippen LogP contribution in [-0.4, -0.2) is 18.5 Å². The lowest BCUT2D eigenvalue weighted by molar-refractivity contribution is -0.119. The lowest BCUT2D eigenvalue weighted by atomic mass is 9.87. The van der Waals surface area contributed by atoms with Gasteiger partial charge in [0.1, 0.15) is 4.88 Å². The summed E-state index contributed by atoms with van der Waals surface area (Å²) in [5, 5.41) is 2.89. The number of amides is 1. The van der Waals surface area contributed by atoms with Crippen LogP contribution in [0.5, 0.6) is 0 Å². The Balaban J connectivity index is 1.58. The molecule has 1 atom stereocenters. The number of ether oxygens (including phenoxy) is 1. The number of carbonyl (C=O) groups is 2. The first kappa shape index (κ1) is 19.6. The summed E-state index contributed by atoms with van der Waals surface area (Å²) in [5.74, 6) is 0.00133. The van der Waals surface area contributed by atoms with Gasteiger partial charge in [-0.25, -0.2) is 4.79 Å². The number of hydrogen-bond donors (Lipinski definition) is 1. The molecule has 1 aliphatic rings. The van der Waals surface area contributed by atoms with Crippen molar-refractivity contribution in [2.75, 3.05) is 11.9 Å². The van der Waals surface area contributed by atoms with Crippen molar-refractivity contribution in [2.45, 2.75) is 52.9 Å². The standard InChI is InChI=1S/C22H27NO3S/c1-4-15-9-10-18-17(11-15)12-19(27-18)22(25)26-13-20(24)23-21-14(3)7-6-8-16(21)5-2/h6-8,12,15H,4-5,9-11,13H2,1-3H3,(H,23,24). The molecule has 1 aliphatic carbocycles. The number of para-hydroxylation sites is 1. The molecule has 0 fully saturated rings. The maximum absolute atomic E-state index is 12.4. The maximum Gasteiger partial charge on any atom is 0.348 e. The minimum Gasteiger partial charge on any atom is -0.451 e. The third-order valence-corrected chi connectivity index (χ3v) is 6.52. The summed E-state index contributed by atoms with van der Waals surface area (Å²) in [6.07, 6.45) is 5.28. The van der Waals surface area contributed by atoms with Gasteiger partial charge in [-0.1, -0.05) is 38.5 Å². The number of thiophene rings is 1. The zero-order chi connectivity index (χ0) is 19.4. The van der Waals surface area contributed by atoms with Gasteiger partial charge in [-0.2, -0.15) is 0 Å². The lowest BCUT2D eigenvalue weighted by Crippen LogP contribution is -2.21. The molecule has 0 bridgehead atoms. The Hall–Kier alpha value is -2.14. The molecule has 3 rings (SSSR count). The molecule has 2 aromatic rings. The number of anilines is 1. The van der Waals surface area contributed by atoms with Crippen LogP contribution in [-0.2, 0) is 28.8 Å². The van der Waals surface area contributed by atoms with Gasteiger partial charge in [0.15, 0.2) is 6.61 Å². The molecule has 1 N–H and O–H groups in total. The van der Waals surface area contributed by atoms with Crippen molar-refractivity contribution in [3.05, 3.63) is 50.7 Å². The first-order valence-corrected chi connectivity index (χ1v) is 10.5. The molecule has 0 saturated carbocycles. The van der Waals surface area contributed by atoms with E-state index < -0.39 is 5.97 Å². The number of hydrogen-bond acceptors (Lipinski definition) is 4. The van der Waals surface area contributed by atoms with E-state index in [2.05, 4.69) is 12.2 Å². The Labute approximate surface area is 164 Å². The largest absolute Gasteiger partial charge is 0.451 e. The number of nitrogens with one attached hydrogen (secondary N) is 1. The molecular weight excluding hydrogens is 358 g/mol. The Morgan fingerprint density at radius 3 is 2.85 bits per heavy atom. The fourth-order valence-corrected chi connectivity index (χ4v) is 4.73. The van der Waals surface area contributed by atoms with Crippen molar-refractivity contribution in [1.82, 2.24) is 0 Å². The van der Waals surface area contributed by atoms with E-state index in [1.54, 1.807) is 0 Å². The van der Waals surface area contributed by atoms with Gasteiger partial charge in [0.2, 0.25) is 0 Å². The molecule has 1 aromatic heterocycles. The van der Waals surface area contributed by atoms with Crippen LogP contribution in [0, 0.1) is 12.8 Å². The average molecular weight is 386 g/mol. The quantitative estimate of drug-likeness (QED) is 0.718. The van der Waals surface area contributed by atoms with Crippen molar-refractivity contribution >= 4 is 28.9 Å². The Bertz CT molecular complexity index is 840. The van der Waals surface area contributed by atoms with Crippen molar-refractivity contribution in [2.24, 2.45) is 5.92 Å². The minimum absolute atomic E-state index is 0.267. The van der Waals surface area contributed by atoms with Crippen LogP contribution in [0.15, 0.2) is 24.3 Å². The van der Waals surface area contributed by atoms with Gasteiger partial charge in [0.05, 0.1) is 0 Å². The number of esters is 1. The molecular formula is C22H27NO3S. The summed E-state index contributed by atoms with van der Waals surface area (Å²) >= 11 is 1.51. The van der Waals surface area contributed by atoms with Crippen molar-refractivity contribution in [1.29, 1.82) is 0 Å². The molecule has 0 radical (unpaired) electrons. The number of aryl methyl sites for hydroxylation is 3. The molecule has 1 unspecified atom stereocenters. The first-order valence-electron chi connectivity index (χ1n) is 9.68. The summed E-state index contributed by atoms with van der Waals surface area (Å²) < 4.78 is 5.27. The zero-order valence-corrected chi connectivity index (χ0v) is 17.1. The second-order valence-corrected chi connectivity index (χ2v) is 8.30. The zero-order valence-electron chi connectivity index (χ0n) is 16.3. The van der Waals surface area contributed by atoms with Crippen molar-refractivity contribution in [3.8, 4) is 0 Å². The van der Waals surface area contributed by atoms with Crippen LogP contribution < -0.4 is 5.32 Å². The average Bonchev–Trinajstić information content (AvgIpc) is 3.10. The predicted octanol–water partition coefficient (Wildman–Crippen LogP) is 4.93. The molecule has 4 nitrogen and oxygen atoms in total. The lowest BCUT2D eigenvalue weighted by Gasteiger charge is -2.19. The summed E-state index contributed by atoms with van der Waals surface area (Å²) in [6.45, 7) is 5.96. The normalized spacial score (nSPS) is 15.9. The Kier molecular flexibility index (Phi) is 6.32. The van der Waals surface area contributed by atoms with E-state index in [0.717, 1.165) is 36.1 Å². The highest BCUT2D eigenvalue weighted by atomic mass is 32.1. The van der Waals surface area contributed by atoms with Gasteiger partial charge >= 0.3 is 5.97 Å². The van der Waals surface area contributed by atoms with E-state index in [0.29, 0.717) is 10.8 Å². The molecule has 144 valence electrons. The summed E-state index contributed by atoms with van der Waals surface area (Å²) in [6, 6.07) is 7.89. The molecule has 1 amide bonds. The van der Waals surface area contributed by atoms with E-state index >= 15 is 0 Å². The van der Waals surface area contributed by atoms with Gasteiger partial charge in [-0.05, 0) is 61.3 Å². The summed E-state index contributed by atoms with van der Waals surface area (Å²) in [7, 11) is 0. The van der Waals surface area contributed by atoms with Crippen molar-refractivity contribution in [3.63, 3.8) is 0 Å². The molecule has 0 aliphatic heterocycles. The molecule has 5 heteroatoms. The highest BCUT2D eigenvalue weighted by Crippen LogP contribution is 2.33. The minimum atomic E-state index is -0.405. The monoisotopic (exact) mass is 385 g/mol. The first-order chi connectivity index (χ1) is 13.0. The van der Waals surface area contributed by atoms with Gasteiger partial charge in [0.25, 0.3) is 5.91 Å². The number of fused-ring (bicyclic) bond motifs is 1. The molecule has 1 aromatic carbocycles. The second kappa shape index (κ2) is 8.70. The second-order valence-electron chi connectivity index (χ2n) is 7.16. The van der Waals surface area contributed by atoms with E-state index in [-0.39, 0.29) is 12.5 Å². The van der Waals surface area contributed by atoms with E-state index in [9.17, 15) is 9.59 Å². The summed E-state index contributed by atoms with van der Waals surface area (Å²) in [4.78, 5) is 26.5. The fourth-order valence-electron chi connectivity index (χ4n) is 3.63. The number of carbonyl (C=O) groups excluding carboxylic acids is 2. The molecule has 1 heterocycles. The maximum atomic E-state index is 12.4. The van der Waals surface area contributed by atoms with Gasteiger partial charge in [-0.15, -0.1) is 11.3 Å². The smallest absolute Gasteiger partial charge is 0.348 e. The van der Waals surface area contributed by atoms with Crippen LogP contribution in [0.1, 0.15) is 57.9 Å². The third-order valence-electron chi connectivity index (χ3n) is 5.30. The molecule has 0 spiro atoms. The third kappa shape index (κ3) is 4.59. The van der Waals surface area contributed by atoms with Crippen LogP contribution in [0.3, 0.4) is 0 Å². The van der Waals surface area contributed by atoms with Crippen LogP contribution >= 0.6 is 11.3 Å². The highest BCUT2D eigenvalue weighted by molar-refractivity contribution is 7.14. The molecule has 27 heavy (non-hydrogen) atoms. The highest BCUT2D eigenvalue weighted by Gasteiger charge is 2.23. The Morgan fingerprint density at radius 2 is 2.11 bits per heavy atom. The van der Waals surface area contributed by atoms with Gasteiger partial charge in [0, 0.05) is 10.6 Å². The van der Waals surface area contributed by atoms with E-state index in [4.69, 9.17) is 4.74 Å².